The van der Waals surface area contributed by atoms with Crippen LogP contribution in [0.3, 0.4) is 0 Å². The number of rotatable bonds is 9. The zero-order valence-electron chi connectivity index (χ0n) is 20.9. The van der Waals surface area contributed by atoms with Crippen molar-refractivity contribution in [3.05, 3.63) is 12.7 Å². The molecule has 0 aromatic carbocycles. The second-order valence-electron chi connectivity index (χ2n) is 10.5. The smallest absolute Gasteiger partial charge is 0.312 e. The summed E-state index contributed by atoms with van der Waals surface area (Å²) < 4.78 is 12.1. The van der Waals surface area contributed by atoms with Gasteiger partial charge in [0.05, 0.1) is 30.8 Å². The number of hydrogen-bond acceptors (Lipinski definition) is 6. The largest absolute Gasteiger partial charge is 0.466 e. The Morgan fingerprint density at radius 3 is 2.48 bits per heavy atom. The van der Waals surface area contributed by atoms with Crippen LogP contribution >= 0.6 is 0 Å². The average Bonchev–Trinajstić information content (AvgIpc) is 3.36. The maximum atomic E-state index is 14.2. The van der Waals surface area contributed by atoms with Gasteiger partial charge in [0.15, 0.2) is 0 Å². The summed E-state index contributed by atoms with van der Waals surface area (Å²) in [5.74, 6) is -2.53. The lowest BCUT2D eigenvalue weighted by molar-refractivity contribution is -0.164. The van der Waals surface area contributed by atoms with Gasteiger partial charge in [-0.05, 0) is 53.4 Å². The minimum atomic E-state index is -1.12. The first-order valence-corrected chi connectivity index (χ1v) is 12.2. The molecule has 186 valence electrons. The molecule has 3 aliphatic rings. The normalized spacial score (nSPS) is 33.7. The number of hydrogen-bond donors (Lipinski definition) is 1. The highest BCUT2D eigenvalue weighted by atomic mass is 16.6. The van der Waals surface area contributed by atoms with Crippen molar-refractivity contribution in [2.45, 2.75) is 96.1 Å². The lowest BCUT2D eigenvalue weighted by atomic mass is 9.65. The predicted molar refractivity (Wildman–Crippen MR) is 123 cm³/mol. The topological polar surface area (TPSA) is 96.4 Å². The van der Waals surface area contributed by atoms with Gasteiger partial charge in [0, 0.05) is 12.1 Å². The summed E-state index contributed by atoms with van der Waals surface area (Å²) in [6.45, 7) is 15.5. The van der Waals surface area contributed by atoms with E-state index in [1.165, 1.54) is 4.90 Å². The molecule has 0 aromatic rings. The lowest BCUT2D eigenvalue weighted by Gasteiger charge is -2.43. The highest BCUT2D eigenvalue weighted by Crippen LogP contribution is 2.65. The van der Waals surface area contributed by atoms with Crippen molar-refractivity contribution in [1.82, 2.24) is 9.80 Å². The van der Waals surface area contributed by atoms with E-state index in [2.05, 4.69) is 6.58 Å². The van der Waals surface area contributed by atoms with E-state index in [1.54, 1.807) is 17.9 Å². The first kappa shape index (κ1) is 25.7. The van der Waals surface area contributed by atoms with Gasteiger partial charge in [-0.3, -0.25) is 14.4 Å². The maximum Gasteiger partial charge on any atom is 0.312 e. The Kier molecular flexibility index (Phi) is 7.02. The number of fused-ring (bicyclic) bond motifs is 1. The van der Waals surface area contributed by atoms with Crippen LogP contribution < -0.4 is 0 Å². The Labute approximate surface area is 197 Å². The van der Waals surface area contributed by atoms with E-state index in [-0.39, 0.29) is 25.0 Å². The number of esters is 1. The monoisotopic (exact) mass is 464 g/mol. The van der Waals surface area contributed by atoms with Gasteiger partial charge in [-0.15, -0.1) is 6.58 Å². The molecule has 3 rings (SSSR count). The van der Waals surface area contributed by atoms with Crippen LogP contribution in [0, 0.1) is 11.8 Å². The number of amides is 2. The number of aliphatic hydroxyl groups is 1. The van der Waals surface area contributed by atoms with Crippen LogP contribution in [0.5, 0.6) is 0 Å². The summed E-state index contributed by atoms with van der Waals surface area (Å²) in [4.78, 5) is 44.6. The molecule has 2 bridgehead atoms. The summed E-state index contributed by atoms with van der Waals surface area (Å²) in [6.07, 6.45) is 3.80. The quantitative estimate of drug-likeness (QED) is 0.415. The van der Waals surface area contributed by atoms with Gasteiger partial charge in [0.1, 0.15) is 17.6 Å². The Morgan fingerprint density at radius 1 is 1.33 bits per heavy atom. The number of nitrogens with zero attached hydrogens (tertiary/aromatic N) is 2. The van der Waals surface area contributed by atoms with Crippen molar-refractivity contribution in [2.75, 3.05) is 19.8 Å². The molecule has 0 saturated carbocycles. The molecule has 1 spiro atoms. The van der Waals surface area contributed by atoms with E-state index in [4.69, 9.17) is 9.47 Å². The maximum absolute atomic E-state index is 14.2. The second kappa shape index (κ2) is 9.02. The van der Waals surface area contributed by atoms with E-state index in [0.717, 1.165) is 0 Å². The number of carbonyl (C=O) groups excluding carboxylic acids is 3. The van der Waals surface area contributed by atoms with Gasteiger partial charge >= 0.3 is 5.97 Å². The fraction of sp³-hybridized carbons (Fsp3) is 0.800. The molecule has 3 saturated heterocycles. The lowest BCUT2D eigenvalue weighted by Crippen LogP contribution is -2.61. The van der Waals surface area contributed by atoms with Crippen molar-refractivity contribution in [1.29, 1.82) is 0 Å². The van der Waals surface area contributed by atoms with E-state index >= 15 is 0 Å². The van der Waals surface area contributed by atoms with E-state index in [1.807, 2.05) is 34.6 Å². The van der Waals surface area contributed by atoms with Crippen LogP contribution in [0.25, 0.3) is 0 Å². The highest BCUT2D eigenvalue weighted by Gasteiger charge is 2.79. The first-order valence-electron chi connectivity index (χ1n) is 12.2. The zero-order valence-corrected chi connectivity index (χ0v) is 20.9. The van der Waals surface area contributed by atoms with Crippen LogP contribution in [0.1, 0.15) is 67.2 Å². The highest BCUT2D eigenvalue weighted by molar-refractivity contribution is 5.99. The van der Waals surface area contributed by atoms with Gasteiger partial charge in [0.25, 0.3) is 0 Å². The van der Waals surface area contributed by atoms with Gasteiger partial charge in [-0.25, -0.2) is 0 Å². The van der Waals surface area contributed by atoms with Crippen molar-refractivity contribution in [2.24, 2.45) is 11.8 Å². The third-order valence-electron chi connectivity index (χ3n) is 7.86. The van der Waals surface area contributed by atoms with Gasteiger partial charge < -0.3 is 24.4 Å². The van der Waals surface area contributed by atoms with Gasteiger partial charge in [0.2, 0.25) is 11.8 Å². The Morgan fingerprint density at radius 2 is 2.00 bits per heavy atom. The average molecular weight is 465 g/mol. The summed E-state index contributed by atoms with van der Waals surface area (Å²) in [7, 11) is 0. The first-order chi connectivity index (χ1) is 15.5. The van der Waals surface area contributed by atoms with Gasteiger partial charge in [-0.2, -0.15) is 0 Å². The van der Waals surface area contributed by atoms with Crippen LogP contribution in [-0.2, 0) is 23.9 Å². The summed E-state index contributed by atoms with van der Waals surface area (Å²) in [5, 5.41) is 10.1. The molecule has 8 nitrogen and oxygen atoms in total. The molecule has 0 aromatic heterocycles. The van der Waals surface area contributed by atoms with E-state index in [0.29, 0.717) is 32.2 Å². The van der Waals surface area contributed by atoms with Gasteiger partial charge in [-0.1, -0.05) is 19.9 Å². The predicted octanol–water partition coefficient (Wildman–Crippen LogP) is 2.29. The molecule has 8 heteroatoms. The van der Waals surface area contributed by atoms with Crippen LogP contribution in [0.15, 0.2) is 12.7 Å². The molecule has 1 N–H and O–H groups in total. The van der Waals surface area contributed by atoms with Crippen LogP contribution in [0.4, 0.5) is 0 Å². The molecule has 3 heterocycles. The molecular formula is C25H40N2O6. The van der Waals surface area contributed by atoms with Crippen molar-refractivity contribution in [3.8, 4) is 0 Å². The summed E-state index contributed by atoms with van der Waals surface area (Å²) in [5.41, 5.74) is -2.45. The molecule has 3 aliphatic heterocycles. The molecular weight excluding hydrogens is 424 g/mol. The number of likely N-dealkylation sites (tertiary alicyclic amines) is 1. The van der Waals surface area contributed by atoms with Crippen LogP contribution in [0.2, 0.25) is 0 Å². The number of carbonyl (C=O) groups is 3. The molecule has 2 amide bonds. The van der Waals surface area contributed by atoms with Crippen molar-refractivity contribution in [3.63, 3.8) is 0 Å². The standard InChI is InChI=1S/C25H40N2O6/c1-8-14-26(23(5,6)7)21(30)19-25-13-12-24(10-3,33-25)18(22(31)32-11-4)17(25)20(29)27(19)16(9-2)15-28/h8,16-19,28H,1,9-15H2,2-7H3/t16-,17-,18+,19?,24-,25?/m0/s1. The molecule has 6 atom stereocenters. The zero-order chi connectivity index (χ0) is 24.8. The summed E-state index contributed by atoms with van der Waals surface area (Å²) >= 11 is 0. The third-order valence-corrected chi connectivity index (χ3v) is 7.86. The molecule has 33 heavy (non-hydrogen) atoms. The SMILES string of the molecule is C=CCN(C(=O)C1N([C@@H](CC)CO)C(=O)[C@@H]2[C@H](C(=O)OCC)[C@]3(CC)CCC12O3)C(C)(C)C. The molecule has 3 fully saturated rings. The van der Waals surface area contributed by atoms with Crippen molar-refractivity contribution >= 4 is 17.8 Å². The number of ether oxygens (including phenoxy) is 2. The van der Waals surface area contributed by atoms with E-state index in [9.17, 15) is 19.5 Å². The molecule has 0 radical (unpaired) electrons. The Hall–Kier alpha value is -1.93. The third kappa shape index (κ3) is 3.70. The van der Waals surface area contributed by atoms with E-state index < -0.39 is 46.6 Å². The number of aliphatic hydroxyl groups excluding tert-OH is 1. The Balaban J connectivity index is 2.18. The second-order valence-corrected chi connectivity index (χ2v) is 10.5. The van der Waals surface area contributed by atoms with Crippen molar-refractivity contribution < 1.29 is 29.0 Å². The fourth-order valence-electron chi connectivity index (χ4n) is 6.30. The molecule has 2 unspecified atom stereocenters. The van der Waals surface area contributed by atoms with Crippen LogP contribution in [-0.4, -0.2) is 81.3 Å². The summed E-state index contributed by atoms with van der Waals surface area (Å²) in [6, 6.07) is -1.46. The minimum Gasteiger partial charge on any atom is -0.466 e. The minimum absolute atomic E-state index is 0.209. The Bertz CT molecular complexity index is 803. The fourth-order valence-corrected chi connectivity index (χ4v) is 6.30. The molecule has 0 aliphatic carbocycles.